The number of amides is 4. The number of imide groups is 1. The van der Waals surface area contributed by atoms with E-state index in [0.29, 0.717) is 22.4 Å². The number of nitrogens with zero attached hydrogens (tertiary/aromatic N) is 1. The van der Waals surface area contributed by atoms with Crippen molar-refractivity contribution in [3.63, 3.8) is 0 Å². The molecular weight excluding hydrogens is 382 g/mol. The van der Waals surface area contributed by atoms with Gasteiger partial charge in [-0.15, -0.1) is 0 Å². The predicted molar refractivity (Wildman–Crippen MR) is 113 cm³/mol. The van der Waals surface area contributed by atoms with E-state index >= 15 is 0 Å². The van der Waals surface area contributed by atoms with E-state index in [0.717, 1.165) is 4.90 Å². The summed E-state index contributed by atoms with van der Waals surface area (Å²) >= 11 is 0. The zero-order valence-electron chi connectivity index (χ0n) is 17.5. The number of hydrogen-bond donors (Lipinski definition) is 2. The molecule has 0 spiro atoms. The minimum absolute atomic E-state index is 0.244. The second kappa shape index (κ2) is 8.10. The lowest BCUT2D eigenvalue weighted by Crippen LogP contribution is -2.47. The lowest BCUT2D eigenvalue weighted by atomic mass is 10.1. The molecule has 3 rings (SSSR count). The Hall–Kier alpha value is -3.48. The molecular formula is C23H25N3O4. The topological polar surface area (TPSA) is 95.6 Å². The summed E-state index contributed by atoms with van der Waals surface area (Å²) in [7, 11) is 0. The van der Waals surface area contributed by atoms with Crippen LogP contribution in [0.5, 0.6) is 0 Å². The van der Waals surface area contributed by atoms with Gasteiger partial charge in [-0.25, -0.2) is 0 Å². The number of hydrogen-bond acceptors (Lipinski definition) is 4. The normalized spacial score (nSPS) is 14.3. The largest absolute Gasteiger partial charge is 0.347 e. The molecule has 0 aliphatic carbocycles. The van der Waals surface area contributed by atoms with Gasteiger partial charge in [-0.2, -0.15) is 0 Å². The van der Waals surface area contributed by atoms with Gasteiger partial charge in [-0.05, 0) is 51.5 Å². The Morgan fingerprint density at radius 1 is 0.933 bits per heavy atom. The van der Waals surface area contributed by atoms with Gasteiger partial charge in [0.25, 0.3) is 17.7 Å². The van der Waals surface area contributed by atoms with Crippen molar-refractivity contribution >= 4 is 29.3 Å². The van der Waals surface area contributed by atoms with Crippen molar-refractivity contribution in [1.82, 2.24) is 10.2 Å². The SMILES string of the molecule is CC[C@@H](C(=O)Nc1ccccc1C(=O)NC(C)(C)C)N1C(=O)c2ccccc2C1=O. The van der Waals surface area contributed by atoms with Crippen molar-refractivity contribution in [3.05, 3.63) is 65.2 Å². The lowest BCUT2D eigenvalue weighted by Gasteiger charge is -2.25. The maximum Gasteiger partial charge on any atom is 0.262 e. The molecule has 4 amide bonds. The first-order chi connectivity index (χ1) is 14.1. The molecule has 1 aliphatic rings. The highest BCUT2D eigenvalue weighted by molar-refractivity contribution is 6.23. The van der Waals surface area contributed by atoms with Crippen LogP contribution >= 0.6 is 0 Å². The molecule has 7 heteroatoms. The third-order valence-electron chi connectivity index (χ3n) is 4.74. The third-order valence-corrected chi connectivity index (χ3v) is 4.74. The highest BCUT2D eigenvalue weighted by Gasteiger charge is 2.42. The molecule has 0 aromatic heterocycles. The van der Waals surface area contributed by atoms with Crippen LogP contribution in [0, 0.1) is 0 Å². The van der Waals surface area contributed by atoms with Crippen molar-refractivity contribution < 1.29 is 19.2 Å². The zero-order valence-corrected chi connectivity index (χ0v) is 17.5. The standard InChI is InChI=1S/C23H25N3O4/c1-5-18(26-21(29)14-10-6-7-11-15(14)22(26)30)20(28)24-17-13-9-8-12-16(17)19(27)25-23(2,3)4/h6-13,18H,5H2,1-4H3,(H,24,28)(H,25,27)/t18-/m0/s1. The van der Waals surface area contributed by atoms with Gasteiger partial charge in [-0.3, -0.25) is 24.1 Å². The molecule has 0 radical (unpaired) electrons. The van der Waals surface area contributed by atoms with Gasteiger partial charge >= 0.3 is 0 Å². The summed E-state index contributed by atoms with van der Waals surface area (Å²) in [4.78, 5) is 52.2. The monoisotopic (exact) mass is 407 g/mol. The molecule has 30 heavy (non-hydrogen) atoms. The summed E-state index contributed by atoms with van der Waals surface area (Å²) < 4.78 is 0. The highest BCUT2D eigenvalue weighted by Crippen LogP contribution is 2.26. The summed E-state index contributed by atoms with van der Waals surface area (Å²) in [5.74, 6) is -1.83. The lowest BCUT2D eigenvalue weighted by molar-refractivity contribution is -0.120. The molecule has 156 valence electrons. The molecule has 1 aliphatic heterocycles. The summed E-state index contributed by atoms with van der Waals surface area (Å²) in [6, 6.07) is 12.2. The number of rotatable bonds is 5. The molecule has 0 bridgehead atoms. The minimum atomic E-state index is -0.990. The molecule has 0 saturated heterocycles. The van der Waals surface area contributed by atoms with Crippen molar-refractivity contribution in [2.75, 3.05) is 5.32 Å². The minimum Gasteiger partial charge on any atom is -0.347 e. The fourth-order valence-electron chi connectivity index (χ4n) is 3.39. The van der Waals surface area contributed by atoms with Gasteiger partial charge in [0.05, 0.1) is 22.4 Å². The van der Waals surface area contributed by atoms with Crippen LogP contribution in [0.2, 0.25) is 0 Å². The van der Waals surface area contributed by atoms with Crippen LogP contribution in [0.4, 0.5) is 5.69 Å². The van der Waals surface area contributed by atoms with Crippen LogP contribution < -0.4 is 10.6 Å². The van der Waals surface area contributed by atoms with E-state index < -0.39 is 29.3 Å². The van der Waals surface area contributed by atoms with Crippen molar-refractivity contribution in [2.45, 2.75) is 45.7 Å². The fraction of sp³-hybridized carbons (Fsp3) is 0.304. The van der Waals surface area contributed by atoms with Gasteiger partial charge in [0.2, 0.25) is 5.91 Å². The van der Waals surface area contributed by atoms with Crippen molar-refractivity contribution in [1.29, 1.82) is 0 Å². The van der Waals surface area contributed by atoms with Crippen LogP contribution in [0.25, 0.3) is 0 Å². The van der Waals surface area contributed by atoms with Crippen LogP contribution in [0.15, 0.2) is 48.5 Å². The van der Waals surface area contributed by atoms with Crippen molar-refractivity contribution in [3.8, 4) is 0 Å². The van der Waals surface area contributed by atoms with Crippen LogP contribution in [-0.4, -0.2) is 40.1 Å². The Kier molecular flexibility index (Phi) is 5.73. The first kappa shape index (κ1) is 21.2. The molecule has 1 atom stereocenters. The second-order valence-electron chi connectivity index (χ2n) is 8.19. The average molecular weight is 407 g/mol. The molecule has 2 aromatic rings. The maximum absolute atomic E-state index is 13.0. The van der Waals surface area contributed by atoms with Gasteiger partial charge < -0.3 is 10.6 Å². The summed E-state index contributed by atoms with van der Waals surface area (Å²) in [5, 5.41) is 5.59. The number of benzene rings is 2. The number of carbonyl (C=O) groups excluding carboxylic acids is 4. The smallest absolute Gasteiger partial charge is 0.262 e. The van der Waals surface area contributed by atoms with E-state index in [2.05, 4.69) is 10.6 Å². The Bertz CT molecular complexity index is 988. The molecule has 2 aromatic carbocycles. The van der Waals surface area contributed by atoms with Crippen LogP contribution in [0.3, 0.4) is 0 Å². The Morgan fingerprint density at radius 2 is 1.47 bits per heavy atom. The molecule has 0 fully saturated rings. The van der Waals surface area contributed by atoms with E-state index in [1.807, 2.05) is 20.8 Å². The predicted octanol–water partition coefficient (Wildman–Crippen LogP) is 3.23. The Morgan fingerprint density at radius 3 is 2.00 bits per heavy atom. The van der Waals surface area contributed by atoms with Gasteiger partial charge in [0, 0.05) is 5.54 Å². The number of carbonyl (C=O) groups is 4. The third kappa shape index (κ3) is 4.10. The maximum atomic E-state index is 13.0. The van der Waals surface area contributed by atoms with E-state index in [4.69, 9.17) is 0 Å². The van der Waals surface area contributed by atoms with Crippen LogP contribution in [-0.2, 0) is 4.79 Å². The van der Waals surface area contributed by atoms with Gasteiger partial charge in [0.1, 0.15) is 6.04 Å². The number of fused-ring (bicyclic) bond motifs is 1. The Labute approximate surface area is 175 Å². The Balaban J connectivity index is 1.85. The average Bonchev–Trinajstić information content (AvgIpc) is 2.93. The van der Waals surface area contributed by atoms with Crippen LogP contribution in [0.1, 0.15) is 65.2 Å². The van der Waals surface area contributed by atoms with E-state index in [1.165, 1.54) is 0 Å². The zero-order chi connectivity index (χ0) is 22.1. The molecule has 0 saturated carbocycles. The quantitative estimate of drug-likeness (QED) is 0.744. The van der Waals surface area contributed by atoms with Gasteiger partial charge in [-0.1, -0.05) is 31.2 Å². The van der Waals surface area contributed by atoms with Crippen molar-refractivity contribution in [2.24, 2.45) is 0 Å². The first-order valence-electron chi connectivity index (χ1n) is 9.83. The highest BCUT2D eigenvalue weighted by atomic mass is 16.2. The summed E-state index contributed by atoms with van der Waals surface area (Å²) in [5.41, 5.74) is 0.759. The molecule has 0 unspecified atom stereocenters. The van der Waals surface area contributed by atoms with E-state index in [1.54, 1.807) is 55.5 Å². The summed E-state index contributed by atoms with van der Waals surface area (Å²) in [6.45, 7) is 7.32. The molecule has 2 N–H and O–H groups in total. The number of para-hydroxylation sites is 1. The number of nitrogens with one attached hydrogen (secondary N) is 2. The molecule has 1 heterocycles. The summed E-state index contributed by atoms with van der Waals surface area (Å²) in [6.07, 6.45) is 0.244. The van der Waals surface area contributed by atoms with Gasteiger partial charge in [0.15, 0.2) is 0 Å². The number of anilines is 1. The first-order valence-corrected chi connectivity index (χ1v) is 9.83. The second-order valence-corrected chi connectivity index (χ2v) is 8.19. The fourth-order valence-corrected chi connectivity index (χ4v) is 3.39. The van der Waals surface area contributed by atoms with E-state index in [-0.39, 0.29) is 12.3 Å². The van der Waals surface area contributed by atoms with E-state index in [9.17, 15) is 19.2 Å². The molecule has 7 nitrogen and oxygen atoms in total.